The monoisotopic (exact) mass is 238 g/mol. The molecule has 8 nitrogen and oxygen atoms in total. The SMILES string of the molecule is COc1cc2[nH]c(=O)oc(=O)c2cc1[N+](=O)[O-]. The van der Waals surface area contributed by atoms with E-state index in [2.05, 4.69) is 9.40 Å². The van der Waals surface area contributed by atoms with Gasteiger partial charge in [0.25, 0.3) is 0 Å². The minimum absolute atomic E-state index is 0.0521. The van der Waals surface area contributed by atoms with E-state index in [-0.39, 0.29) is 22.3 Å². The Hall–Kier alpha value is -2.64. The molecule has 0 bridgehead atoms. The molecule has 1 aromatic heterocycles. The quantitative estimate of drug-likeness (QED) is 0.597. The van der Waals surface area contributed by atoms with E-state index >= 15 is 0 Å². The fraction of sp³-hybridized carbons (Fsp3) is 0.111. The van der Waals surface area contributed by atoms with Crippen molar-refractivity contribution >= 4 is 16.6 Å². The molecule has 0 saturated heterocycles. The summed E-state index contributed by atoms with van der Waals surface area (Å²) >= 11 is 0. The maximum atomic E-state index is 11.3. The van der Waals surface area contributed by atoms with E-state index in [4.69, 9.17) is 4.74 Å². The van der Waals surface area contributed by atoms with Gasteiger partial charge in [0.2, 0.25) is 0 Å². The second kappa shape index (κ2) is 3.74. The van der Waals surface area contributed by atoms with Crippen molar-refractivity contribution in [2.45, 2.75) is 0 Å². The molecule has 0 aliphatic carbocycles. The normalized spacial score (nSPS) is 10.4. The predicted molar refractivity (Wildman–Crippen MR) is 56.3 cm³/mol. The van der Waals surface area contributed by atoms with Crippen LogP contribution in [0.5, 0.6) is 5.75 Å². The predicted octanol–water partition coefficient (Wildman–Crippen LogP) is 0.398. The van der Waals surface area contributed by atoms with Gasteiger partial charge in [-0.2, -0.15) is 0 Å². The Morgan fingerprint density at radius 1 is 1.41 bits per heavy atom. The van der Waals surface area contributed by atoms with E-state index in [1.807, 2.05) is 0 Å². The smallest absolute Gasteiger partial charge is 0.419 e. The Labute approximate surface area is 92.6 Å². The number of aromatic nitrogens is 1. The second-order valence-electron chi connectivity index (χ2n) is 3.13. The lowest BCUT2D eigenvalue weighted by Crippen LogP contribution is -2.14. The number of aromatic amines is 1. The number of rotatable bonds is 2. The minimum atomic E-state index is -0.936. The Kier molecular flexibility index (Phi) is 2.39. The molecule has 8 heteroatoms. The summed E-state index contributed by atoms with van der Waals surface area (Å²) in [5.74, 6) is -0.984. The third-order valence-electron chi connectivity index (χ3n) is 2.16. The van der Waals surface area contributed by atoms with Gasteiger partial charge in [0.1, 0.15) is 0 Å². The lowest BCUT2D eigenvalue weighted by atomic mass is 10.2. The number of hydrogen-bond donors (Lipinski definition) is 1. The zero-order chi connectivity index (χ0) is 12.6. The summed E-state index contributed by atoms with van der Waals surface area (Å²) < 4.78 is 9.07. The average Bonchev–Trinajstić information content (AvgIpc) is 2.26. The van der Waals surface area contributed by atoms with Gasteiger partial charge < -0.3 is 9.15 Å². The molecule has 1 N–H and O–H groups in total. The topological polar surface area (TPSA) is 115 Å². The van der Waals surface area contributed by atoms with Crippen molar-refractivity contribution in [3.63, 3.8) is 0 Å². The van der Waals surface area contributed by atoms with Crippen LogP contribution < -0.4 is 16.1 Å². The van der Waals surface area contributed by atoms with Gasteiger partial charge in [-0.25, -0.2) is 9.59 Å². The highest BCUT2D eigenvalue weighted by Crippen LogP contribution is 2.29. The average molecular weight is 238 g/mol. The van der Waals surface area contributed by atoms with Crippen LogP contribution in [0, 0.1) is 10.1 Å². The molecule has 0 fully saturated rings. The fourth-order valence-corrected chi connectivity index (χ4v) is 1.42. The van der Waals surface area contributed by atoms with E-state index < -0.39 is 16.3 Å². The van der Waals surface area contributed by atoms with Crippen LogP contribution in [-0.4, -0.2) is 17.0 Å². The zero-order valence-corrected chi connectivity index (χ0v) is 8.55. The van der Waals surface area contributed by atoms with Crippen LogP contribution in [0.4, 0.5) is 5.69 Å². The summed E-state index contributed by atoms with van der Waals surface area (Å²) in [6, 6.07) is 2.20. The molecule has 2 aromatic rings. The summed E-state index contributed by atoms with van der Waals surface area (Å²) in [5, 5.41) is 10.6. The standard InChI is InChI=1S/C9H6N2O6/c1-16-7-3-5-4(2-6(7)11(14)15)8(12)17-9(13)10-5/h2-3H,1H3,(H,10,13). The van der Waals surface area contributed by atoms with Crippen LogP contribution in [-0.2, 0) is 0 Å². The first-order valence-corrected chi connectivity index (χ1v) is 4.42. The van der Waals surface area contributed by atoms with E-state index in [0.717, 1.165) is 6.07 Å². The summed E-state index contributed by atoms with van der Waals surface area (Å²) in [5.41, 5.74) is -1.19. The molecule has 0 amide bonds. The van der Waals surface area contributed by atoms with Crippen molar-refractivity contribution in [3.05, 3.63) is 43.2 Å². The van der Waals surface area contributed by atoms with Crippen LogP contribution in [0.15, 0.2) is 26.1 Å². The Morgan fingerprint density at radius 3 is 2.71 bits per heavy atom. The molecule has 88 valence electrons. The third-order valence-corrected chi connectivity index (χ3v) is 2.16. The van der Waals surface area contributed by atoms with Gasteiger partial charge in [0.05, 0.1) is 22.9 Å². The van der Waals surface area contributed by atoms with Crippen molar-refractivity contribution in [1.82, 2.24) is 4.98 Å². The van der Waals surface area contributed by atoms with Gasteiger partial charge in [-0.3, -0.25) is 15.1 Å². The van der Waals surface area contributed by atoms with Crippen LogP contribution in [0.2, 0.25) is 0 Å². The first kappa shape index (κ1) is 10.9. The number of nitro groups is 1. The number of fused-ring (bicyclic) bond motifs is 1. The van der Waals surface area contributed by atoms with Crippen molar-refractivity contribution in [2.75, 3.05) is 7.11 Å². The molecule has 0 unspecified atom stereocenters. The molecular formula is C9H6N2O6. The van der Waals surface area contributed by atoms with E-state index in [0.29, 0.717) is 0 Å². The number of ether oxygens (including phenoxy) is 1. The second-order valence-corrected chi connectivity index (χ2v) is 3.13. The highest BCUT2D eigenvalue weighted by molar-refractivity contribution is 5.82. The molecular weight excluding hydrogens is 232 g/mol. The van der Waals surface area contributed by atoms with Gasteiger partial charge >= 0.3 is 17.1 Å². The Bertz CT molecular complexity index is 713. The van der Waals surface area contributed by atoms with Gasteiger partial charge in [-0.05, 0) is 0 Å². The highest BCUT2D eigenvalue weighted by atomic mass is 16.6. The van der Waals surface area contributed by atoms with Gasteiger partial charge in [-0.1, -0.05) is 0 Å². The van der Waals surface area contributed by atoms with Crippen LogP contribution in [0.3, 0.4) is 0 Å². The van der Waals surface area contributed by atoms with E-state index in [1.54, 1.807) is 0 Å². The largest absolute Gasteiger partial charge is 0.490 e. The molecule has 0 radical (unpaired) electrons. The number of nitrogens with zero attached hydrogens (tertiary/aromatic N) is 1. The maximum absolute atomic E-state index is 11.3. The van der Waals surface area contributed by atoms with Crippen molar-refractivity contribution < 1.29 is 14.1 Å². The summed E-state index contributed by atoms with van der Waals surface area (Å²) in [6.07, 6.45) is 0. The first-order valence-electron chi connectivity index (χ1n) is 4.42. The lowest BCUT2D eigenvalue weighted by Gasteiger charge is -2.02. The zero-order valence-electron chi connectivity index (χ0n) is 8.55. The third kappa shape index (κ3) is 1.75. The summed E-state index contributed by atoms with van der Waals surface area (Å²) in [4.78, 5) is 34.5. The van der Waals surface area contributed by atoms with E-state index in [9.17, 15) is 19.7 Å². The number of nitro benzene ring substituents is 1. The Balaban J connectivity index is 2.93. The van der Waals surface area contributed by atoms with Crippen LogP contribution >= 0.6 is 0 Å². The fourth-order valence-electron chi connectivity index (χ4n) is 1.42. The van der Waals surface area contributed by atoms with Crippen molar-refractivity contribution in [3.8, 4) is 5.75 Å². The van der Waals surface area contributed by atoms with Gasteiger partial charge in [-0.15, -0.1) is 0 Å². The molecule has 17 heavy (non-hydrogen) atoms. The van der Waals surface area contributed by atoms with E-state index in [1.165, 1.54) is 13.2 Å². The Morgan fingerprint density at radius 2 is 2.12 bits per heavy atom. The lowest BCUT2D eigenvalue weighted by molar-refractivity contribution is -0.385. The first-order chi connectivity index (χ1) is 8.02. The van der Waals surface area contributed by atoms with Crippen molar-refractivity contribution in [1.29, 1.82) is 0 Å². The van der Waals surface area contributed by atoms with Crippen LogP contribution in [0.1, 0.15) is 0 Å². The molecule has 1 aromatic carbocycles. The molecule has 0 spiro atoms. The maximum Gasteiger partial charge on any atom is 0.419 e. The van der Waals surface area contributed by atoms with Crippen LogP contribution in [0.25, 0.3) is 10.9 Å². The minimum Gasteiger partial charge on any atom is -0.490 e. The summed E-state index contributed by atoms with van der Waals surface area (Å²) in [7, 11) is 1.25. The molecule has 1 heterocycles. The molecule has 2 rings (SSSR count). The molecule has 0 aliphatic heterocycles. The molecule has 0 saturated carbocycles. The number of methoxy groups -OCH3 is 1. The number of benzene rings is 1. The van der Waals surface area contributed by atoms with Crippen molar-refractivity contribution in [2.24, 2.45) is 0 Å². The summed E-state index contributed by atoms with van der Waals surface area (Å²) in [6.45, 7) is 0. The molecule has 0 aliphatic rings. The number of H-pyrrole nitrogens is 1. The number of hydrogen-bond acceptors (Lipinski definition) is 6. The number of nitrogens with one attached hydrogen (secondary N) is 1. The van der Waals surface area contributed by atoms with Gasteiger partial charge in [0, 0.05) is 12.1 Å². The molecule has 0 atom stereocenters. The highest BCUT2D eigenvalue weighted by Gasteiger charge is 2.18. The van der Waals surface area contributed by atoms with Gasteiger partial charge in [0.15, 0.2) is 5.75 Å².